The van der Waals surface area contributed by atoms with Gasteiger partial charge in [0.1, 0.15) is 5.75 Å². The van der Waals surface area contributed by atoms with Gasteiger partial charge >= 0.3 is 5.97 Å². The van der Waals surface area contributed by atoms with Gasteiger partial charge in [0.25, 0.3) is 5.91 Å². The molecule has 0 unspecified atom stereocenters. The number of carbonyl (C=O) groups excluding carboxylic acids is 2. The fourth-order valence-corrected chi connectivity index (χ4v) is 2.31. The number of phenolic OH excluding ortho intramolecular Hbond substituents is 1. The molecular formula is C19H15NO4. The molecule has 0 bridgehead atoms. The zero-order valence-electron chi connectivity index (χ0n) is 12.7. The van der Waals surface area contributed by atoms with Crippen molar-refractivity contribution in [1.82, 2.24) is 0 Å². The predicted octanol–water partition coefficient (Wildman–Crippen LogP) is 3.34. The molecule has 0 aliphatic rings. The van der Waals surface area contributed by atoms with E-state index in [1.165, 1.54) is 24.3 Å². The van der Waals surface area contributed by atoms with E-state index in [0.717, 1.165) is 10.8 Å². The van der Waals surface area contributed by atoms with Crippen LogP contribution in [0.3, 0.4) is 0 Å². The predicted molar refractivity (Wildman–Crippen MR) is 91.0 cm³/mol. The summed E-state index contributed by atoms with van der Waals surface area (Å²) in [5.41, 5.74) is 0.820. The molecule has 0 saturated carbocycles. The molecule has 0 aromatic heterocycles. The van der Waals surface area contributed by atoms with Crippen LogP contribution in [0.25, 0.3) is 10.8 Å². The Kier molecular flexibility index (Phi) is 4.43. The van der Waals surface area contributed by atoms with Crippen LogP contribution in [0.1, 0.15) is 10.4 Å². The number of rotatable bonds is 4. The van der Waals surface area contributed by atoms with Gasteiger partial charge in [-0.2, -0.15) is 0 Å². The van der Waals surface area contributed by atoms with Gasteiger partial charge in [-0.15, -0.1) is 0 Å². The maximum atomic E-state index is 11.9. The highest BCUT2D eigenvalue weighted by atomic mass is 16.5. The molecule has 0 saturated heterocycles. The van der Waals surface area contributed by atoms with Gasteiger partial charge in [-0.25, -0.2) is 4.79 Å². The lowest BCUT2D eigenvalue weighted by Gasteiger charge is -2.08. The Morgan fingerprint density at radius 1 is 0.917 bits per heavy atom. The van der Waals surface area contributed by atoms with Crippen LogP contribution in [0, 0.1) is 0 Å². The van der Waals surface area contributed by atoms with Crippen LogP contribution in [0.5, 0.6) is 5.75 Å². The third kappa shape index (κ3) is 3.70. The number of fused-ring (bicyclic) bond motifs is 1. The zero-order chi connectivity index (χ0) is 16.9. The van der Waals surface area contributed by atoms with Crippen LogP contribution < -0.4 is 5.32 Å². The molecule has 0 radical (unpaired) electrons. The summed E-state index contributed by atoms with van der Waals surface area (Å²) in [6.07, 6.45) is 0. The molecule has 0 atom stereocenters. The highest BCUT2D eigenvalue weighted by Gasteiger charge is 2.11. The number of anilines is 1. The number of aromatic hydroxyl groups is 1. The molecule has 0 aliphatic heterocycles. The minimum Gasteiger partial charge on any atom is -0.508 e. The first-order chi connectivity index (χ1) is 11.6. The standard InChI is InChI=1S/C19H15NO4/c21-17-7-3-6-15(11-17)19(23)24-12-18(22)20-16-9-8-13-4-1-2-5-14(13)10-16/h1-11,21H,12H2,(H,20,22). The van der Waals surface area contributed by atoms with E-state index in [1.807, 2.05) is 36.4 Å². The third-order valence-corrected chi connectivity index (χ3v) is 3.45. The van der Waals surface area contributed by atoms with Crippen molar-refractivity contribution < 1.29 is 19.4 Å². The van der Waals surface area contributed by atoms with Crippen molar-refractivity contribution in [3.05, 3.63) is 72.3 Å². The number of esters is 1. The Morgan fingerprint density at radius 2 is 1.71 bits per heavy atom. The Bertz CT molecular complexity index is 905. The number of nitrogens with one attached hydrogen (secondary N) is 1. The quantitative estimate of drug-likeness (QED) is 0.723. The van der Waals surface area contributed by atoms with E-state index in [4.69, 9.17) is 4.74 Å². The van der Waals surface area contributed by atoms with Crippen molar-refractivity contribution in [2.24, 2.45) is 0 Å². The van der Waals surface area contributed by atoms with E-state index in [9.17, 15) is 14.7 Å². The van der Waals surface area contributed by atoms with Crippen molar-refractivity contribution in [2.45, 2.75) is 0 Å². The van der Waals surface area contributed by atoms with Gasteiger partial charge in [-0.05, 0) is 41.1 Å². The van der Waals surface area contributed by atoms with Gasteiger partial charge in [0, 0.05) is 5.69 Å². The van der Waals surface area contributed by atoms with Gasteiger partial charge in [0.15, 0.2) is 6.61 Å². The Balaban J connectivity index is 1.59. The fraction of sp³-hybridized carbons (Fsp3) is 0.0526. The minimum atomic E-state index is -0.667. The second kappa shape index (κ2) is 6.83. The monoisotopic (exact) mass is 321 g/mol. The summed E-state index contributed by atoms with van der Waals surface area (Å²) in [6.45, 7) is -0.401. The lowest BCUT2D eigenvalue weighted by atomic mass is 10.1. The summed E-state index contributed by atoms with van der Waals surface area (Å²) in [7, 11) is 0. The first-order valence-corrected chi connectivity index (χ1v) is 7.36. The number of ether oxygens (including phenoxy) is 1. The molecule has 5 heteroatoms. The molecule has 120 valence electrons. The van der Waals surface area contributed by atoms with Crippen LogP contribution in [0.15, 0.2) is 66.7 Å². The van der Waals surface area contributed by atoms with Crippen molar-refractivity contribution >= 4 is 28.3 Å². The Labute approximate surface area is 138 Å². The van der Waals surface area contributed by atoms with E-state index in [-0.39, 0.29) is 11.3 Å². The number of amides is 1. The molecule has 0 heterocycles. The van der Waals surface area contributed by atoms with Gasteiger partial charge in [-0.1, -0.05) is 36.4 Å². The SMILES string of the molecule is O=C(COC(=O)c1cccc(O)c1)Nc1ccc2ccccc2c1. The zero-order valence-corrected chi connectivity index (χ0v) is 12.7. The molecule has 24 heavy (non-hydrogen) atoms. The second-order valence-electron chi connectivity index (χ2n) is 5.24. The highest BCUT2D eigenvalue weighted by Crippen LogP contribution is 2.18. The molecule has 0 aliphatic carbocycles. The minimum absolute atomic E-state index is 0.0370. The normalized spacial score (nSPS) is 10.3. The molecule has 0 fully saturated rings. The average molecular weight is 321 g/mol. The van der Waals surface area contributed by atoms with E-state index in [1.54, 1.807) is 6.07 Å². The average Bonchev–Trinajstić information content (AvgIpc) is 2.59. The van der Waals surface area contributed by atoms with Gasteiger partial charge in [0.05, 0.1) is 5.56 Å². The second-order valence-corrected chi connectivity index (χ2v) is 5.24. The Hall–Kier alpha value is -3.34. The Morgan fingerprint density at radius 3 is 2.50 bits per heavy atom. The lowest BCUT2D eigenvalue weighted by molar-refractivity contribution is -0.119. The van der Waals surface area contributed by atoms with E-state index < -0.39 is 18.5 Å². The topological polar surface area (TPSA) is 75.6 Å². The van der Waals surface area contributed by atoms with Crippen molar-refractivity contribution in [2.75, 3.05) is 11.9 Å². The number of phenols is 1. The van der Waals surface area contributed by atoms with Crippen LogP contribution >= 0.6 is 0 Å². The molecule has 5 nitrogen and oxygen atoms in total. The summed E-state index contributed by atoms with van der Waals surface area (Å²) >= 11 is 0. The summed E-state index contributed by atoms with van der Waals surface area (Å²) in [5, 5.41) is 14.1. The molecule has 3 aromatic rings. The third-order valence-electron chi connectivity index (χ3n) is 3.45. The van der Waals surface area contributed by atoms with Gasteiger partial charge in [0.2, 0.25) is 0 Å². The number of carbonyl (C=O) groups is 2. The summed E-state index contributed by atoms with van der Waals surface area (Å²) < 4.78 is 4.94. The highest BCUT2D eigenvalue weighted by molar-refractivity contribution is 5.97. The maximum absolute atomic E-state index is 11.9. The molecule has 0 spiro atoms. The van der Waals surface area contributed by atoms with E-state index >= 15 is 0 Å². The smallest absolute Gasteiger partial charge is 0.338 e. The van der Waals surface area contributed by atoms with E-state index in [2.05, 4.69) is 5.32 Å². The van der Waals surface area contributed by atoms with Crippen molar-refractivity contribution in [1.29, 1.82) is 0 Å². The largest absolute Gasteiger partial charge is 0.508 e. The fourth-order valence-electron chi connectivity index (χ4n) is 2.31. The summed E-state index contributed by atoms with van der Waals surface area (Å²) in [5.74, 6) is -1.14. The first-order valence-electron chi connectivity index (χ1n) is 7.36. The number of hydrogen-bond donors (Lipinski definition) is 2. The lowest BCUT2D eigenvalue weighted by Crippen LogP contribution is -2.20. The number of benzene rings is 3. The molecule has 3 aromatic carbocycles. The number of hydrogen-bond acceptors (Lipinski definition) is 4. The van der Waals surface area contributed by atoms with Crippen LogP contribution in [-0.4, -0.2) is 23.6 Å². The molecule has 2 N–H and O–H groups in total. The van der Waals surface area contributed by atoms with Gasteiger partial charge in [-0.3, -0.25) is 4.79 Å². The first kappa shape index (κ1) is 15.6. The maximum Gasteiger partial charge on any atom is 0.338 e. The van der Waals surface area contributed by atoms with Crippen molar-refractivity contribution in [3.8, 4) is 5.75 Å². The molecular weight excluding hydrogens is 306 g/mol. The summed E-state index contributed by atoms with van der Waals surface area (Å²) in [6, 6.07) is 19.1. The van der Waals surface area contributed by atoms with E-state index in [0.29, 0.717) is 5.69 Å². The van der Waals surface area contributed by atoms with Crippen LogP contribution in [0.4, 0.5) is 5.69 Å². The molecule has 1 amide bonds. The van der Waals surface area contributed by atoms with Crippen molar-refractivity contribution in [3.63, 3.8) is 0 Å². The van der Waals surface area contributed by atoms with Gasteiger partial charge < -0.3 is 15.2 Å². The van der Waals surface area contributed by atoms with Crippen LogP contribution in [0.2, 0.25) is 0 Å². The van der Waals surface area contributed by atoms with Crippen LogP contribution in [-0.2, 0) is 9.53 Å². The summed E-state index contributed by atoms with van der Waals surface area (Å²) in [4.78, 5) is 23.7. The molecule has 3 rings (SSSR count).